The smallest absolute Gasteiger partial charge is 0.0920 e. The monoisotopic (exact) mass is 985 g/mol. The minimum absolute atomic E-state index is 0.509. The van der Waals surface area contributed by atoms with Crippen LogP contribution < -0.4 is 10.4 Å². The average molecular weight is 988 g/mol. The van der Waals surface area contributed by atoms with Crippen LogP contribution in [0.5, 0.6) is 0 Å². The Labute approximate surface area is 413 Å². The molecule has 0 bridgehead atoms. The topological polar surface area (TPSA) is 0 Å². The van der Waals surface area contributed by atoms with E-state index in [1.54, 1.807) is 0 Å². The summed E-state index contributed by atoms with van der Waals surface area (Å²) in [5, 5.41) is 8.17. The maximum absolute atomic E-state index is 4.93. The molecule has 1 heterocycles. The molecule has 10 aromatic carbocycles. The Morgan fingerprint density at radius 3 is 1.35 bits per heavy atom. The van der Waals surface area contributed by atoms with Gasteiger partial charge in [0.05, 0.1) is 9.52 Å². The van der Waals surface area contributed by atoms with Crippen LogP contribution in [0.2, 0.25) is 0 Å². The van der Waals surface area contributed by atoms with E-state index < -0.39 is 20.8 Å². The van der Waals surface area contributed by atoms with Crippen LogP contribution in [-0.2, 0) is 20.8 Å². The van der Waals surface area contributed by atoms with Crippen molar-refractivity contribution >= 4 is 58.5 Å². The molecule has 66 heavy (non-hydrogen) atoms. The van der Waals surface area contributed by atoms with Crippen LogP contribution in [0.1, 0.15) is 61.8 Å². The van der Waals surface area contributed by atoms with Gasteiger partial charge >= 0.3 is 37.9 Å². The van der Waals surface area contributed by atoms with Crippen LogP contribution in [0.25, 0.3) is 77.2 Å². The van der Waals surface area contributed by atoms with Gasteiger partial charge in [0, 0.05) is 0 Å². The zero-order valence-electron chi connectivity index (χ0n) is 38.5. The molecule has 326 valence electrons. The van der Waals surface area contributed by atoms with Crippen LogP contribution in [0.15, 0.2) is 200 Å². The molecule has 0 spiro atoms. The van der Waals surface area contributed by atoms with E-state index in [0.717, 1.165) is 9.52 Å². The van der Waals surface area contributed by atoms with E-state index in [-0.39, 0.29) is 0 Å². The summed E-state index contributed by atoms with van der Waals surface area (Å²) in [5.41, 5.74) is 18.9. The predicted octanol–water partition coefficient (Wildman–Crippen LogP) is 17.1. The fraction of sp³-hybridized carbons (Fsp3) is 0.129. The predicted molar refractivity (Wildman–Crippen MR) is 286 cm³/mol. The van der Waals surface area contributed by atoms with E-state index in [9.17, 15) is 0 Å². The normalized spacial score (nSPS) is 11.2. The van der Waals surface area contributed by atoms with Crippen LogP contribution in [0.4, 0.5) is 0 Å². The summed E-state index contributed by atoms with van der Waals surface area (Å²) in [4.78, 5) is 0. The van der Waals surface area contributed by atoms with Crippen molar-refractivity contribution in [2.24, 2.45) is 0 Å². The van der Waals surface area contributed by atoms with E-state index in [4.69, 9.17) is 17.0 Å². The fourth-order valence-electron chi connectivity index (χ4n) is 9.27. The number of hydrogen-bond donors (Lipinski definition) is 0. The molecule has 4 heteroatoms. The minimum Gasteiger partial charge on any atom is -0.184 e. The molecule has 0 aromatic heterocycles. The molecule has 10 aromatic rings. The number of rotatable bonds is 6. The van der Waals surface area contributed by atoms with Gasteiger partial charge in [-0.2, -0.15) is 29.5 Å². The zero-order chi connectivity index (χ0) is 46.2. The van der Waals surface area contributed by atoms with E-state index in [1.165, 1.54) is 110 Å². The second-order valence-electron chi connectivity index (χ2n) is 17.4. The van der Waals surface area contributed by atoms with Gasteiger partial charge in [-0.1, -0.05) is 206 Å². The second kappa shape index (κ2) is 22.0. The molecular weight excluding hydrogens is 935 g/mol. The van der Waals surface area contributed by atoms with Crippen LogP contribution in [0.3, 0.4) is 0 Å². The Morgan fingerprint density at radius 2 is 0.879 bits per heavy atom. The van der Waals surface area contributed by atoms with Gasteiger partial charge in [0.25, 0.3) is 0 Å². The largest absolute Gasteiger partial charge is 0.184 e. The third kappa shape index (κ3) is 10.4. The molecule has 0 N–H and O–H groups in total. The molecule has 1 aliphatic rings. The van der Waals surface area contributed by atoms with Gasteiger partial charge < -0.3 is 0 Å². The number of hydrogen-bond acceptors (Lipinski definition) is 0. The van der Waals surface area contributed by atoms with E-state index in [1.807, 2.05) is 6.07 Å². The molecule has 0 nitrogen and oxygen atoms in total. The third-order valence-electron chi connectivity index (χ3n) is 12.4. The molecule has 1 aliphatic heterocycles. The number of halogens is 2. The van der Waals surface area contributed by atoms with Gasteiger partial charge in [-0.25, -0.2) is 0 Å². The Balaban J connectivity index is 0.000000136. The average Bonchev–Trinajstić information content (AvgIpc) is 4.09. The van der Waals surface area contributed by atoms with E-state index in [0.29, 0.717) is 11.8 Å². The summed E-state index contributed by atoms with van der Waals surface area (Å²) in [7, 11) is 10.7. The quantitative estimate of drug-likeness (QED) is 0.115. The Morgan fingerprint density at radius 1 is 0.470 bits per heavy atom. The molecule has 0 aliphatic carbocycles. The van der Waals surface area contributed by atoms with Gasteiger partial charge in [0.2, 0.25) is 0 Å². The molecule has 0 unspecified atom stereocenters. The first-order chi connectivity index (χ1) is 32.2. The van der Waals surface area contributed by atoms with Crippen LogP contribution >= 0.6 is 17.0 Å². The molecule has 0 atom stereocenters. The summed E-state index contributed by atoms with van der Waals surface area (Å²) in [5.74, 6) is 1.02. The first-order valence-electron chi connectivity index (χ1n) is 22.7. The van der Waals surface area contributed by atoms with Crippen LogP contribution in [-0.4, -0.2) is 9.52 Å². The summed E-state index contributed by atoms with van der Waals surface area (Å²) >= 11 is -0.826. The zero-order valence-corrected chi connectivity index (χ0v) is 43.4. The minimum atomic E-state index is -0.826. The molecule has 0 amide bonds. The van der Waals surface area contributed by atoms with Crippen LogP contribution in [0, 0.1) is 19.9 Å². The van der Waals surface area contributed by atoms with Crippen molar-refractivity contribution in [3.8, 4) is 55.6 Å². The second-order valence-corrected chi connectivity index (χ2v) is 22.4. The van der Waals surface area contributed by atoms with Crippen molar-refractivity contribution in [3.05, 3.63) is 229 Å². The molecule has 11 rings (SSSR count). The van der Waals surface area contributed by atoms with E-state index in [2.05, 4.69) is 242 Å². The van der Waals surface area contributed by atoms with Crippen molar-refractivity contribution in [2.75, 3.05) is 0 Å². The van der Waals surface area contributed by atoms with Crippen molar-refractivity contribution in [1.82, 2.24) is 0 Å². The Bertz CT molecular complexity index is 2980. The maximum Gasteiger partial charge on any atom is 0.0920 e. The summed E-state index contributed by atoms with van der Waals surface area (Å²) in [6.45, 7) is 13.5. The third-order valence-corrected chi connectivity index (χ3v) is 13.8. The van der Waals surface area contributed by atoms with Gasteiger partial charge in [-0.05, 0) is 59.1 Å². The summed E-state index contributed by atoms with van der Waals surface area (Å²) < 4.78 is 0. The van der Waals surface area contributed by atoms with Gasteiger partial charge in [-0.15, -0.1) is 74.6 Å². The number of benzene rings is 8. The molecule has 2 radical (unpaired) electrons. The van der Waals surface area contributed by atoms with Crippen molar-refractivity contribution in [1.29, 1.82) is 0 Å². The standard InChI is InChI=1S/2C25H23.C12H7Si.2ClH.Zr/c2*1-17(2)22-11-7-8-12-23(22)25-18(3)13-14-20-15-21(16-24(20)25)19-9-5-4-6-10-19;1-3-7-11-9(5-1)10-6-2-4-8-12(10)13-11;;;/h2*4-17H,1-3H3;1-7H;2*1H;/q3*-1;;;+2/p-2. The first-order valence-corrected chi connectivity index (χ1v) is 30.0. The molecular formula is C62H53Cl2SiZr-3. The summed E-state index contributed by atoms with van der Waals surface area (Å²) in [6.07, 6.45) is 0. The van der Waals surface area contributed by atoms with Gasteiger partial charge in [0.1, 0.15) is 0 Å². The number of aryl methyl sites for hydroxylation is 2. The van der Waals surface area contributed by atoms with Crippen molar-refractivity contribution < 1.29 is 20.8 Å². The van der Waals surface area contributed by atoms with E-state index >= 15 is 0 Å². The Kier molecular flexibility index (Phi) is 15.7. The summed E-state index contributed by atoms with van der Waals surface area (Å²) in [6, 6.07) is 75.5. The Hall–Kier alpha value is -5.34. The SMILES string of the molecule is Cc1ccc2[cH-]c(-c3ccccc3)cc2c1-c1ccccc1C(C)C.Cc1ccc2[cH-]c(-c3ccccc3)cc2c1-c1ccccc1C(C)C.[Cl][Zr][Cl].[c-]1cccc2c1[Si]c1ccccc1-2. The fourth-order valence-corrected chi connectivity index (χ4v) is 10.6. The molecule has 0 saturated heterocycles. The first kappa shape index (κ1) is 47.2. The molecule has 0 saturated carbocycles. The molecule has 0 fully saturated rings. The van der Waals surface area contributed by atoms with Crippen molar-refractivity contribution in [2.45, 2.75) is 53.4 Å². The van der Waals surface area contributed by atoms with Gasteiger partial charge in [0.15, 0.2) is 0 Å². The maximum atomic E-state index is 4.93. The number of fused-ring (bicyclic) bond motifs is 5. The van der Waals surface area contributed by atoms with Crippen molar-refractivity contribution in [3.63, 3.8) is 0 Å². The van der Waals surface area contributed by atoms with Gasteiger partial charge in [-0.3, -0.25) is 0 Å².